The van der Waals surface area contributed by atoms with Gasteiger partial charge in [0.15, 0.2) is 0 Å². The molecule has 0 aliphatic rings. The second-order valence-electron chi connectivity index (χ2n) is 4.18. The fourth-order valence-electron chi connectivity index (χ4n) is 1.66. The van der Waals surface area contributed by atoms with E-state index in [1.807, 2.05) is 25.2 Å². The van der Waals surface area contributed by atoms with Gasteiger partial charge >= 0.3 is 0 Å². The van der Waals surface area contributed by atoms with Gasteiger partial charge in [-0.1, -0.05) is 29.3 Å². The third kappa shape index (κ3) is 3.81. The molecule has 0 spiro atoms. The van der Waals surface area contributed by atoms with Crippen molar-refractivity contribution < 1.29 is 4.79 Å². The van der Waals surface area contributed by atoms with Gasteiger partial charge in [0.2, 0.25) is 0 Å². The van der Waals surface area contributed by atoms with Gasteiger partial charge in [0, 0.05) is 22.0 Å². The number of halogens is 2. The Bertz CT molecular complexity index is 406. The van der Waals surface area contributed by atoms with Crippen LogP contribution in [0.15, 0.2) is 27.1 Å². The summed E-state index contributed by atoms with van der Waals surface area (Å²) in [7, 11) is 1.86. The SMILES string of the molecule is CCCC(C)N(C)C(=O)c1cc(Br)ccc1Br. The van der Waals surface area contributed by atoms with Gasteiger partial charge in [0.1, 0.15) is 0 Å². The molecule has 0 heterocycles. The fourth-order valence-corrected chi connectivity index (χ4v) is 2.44. The van der Waals surface area contributed by atoms with Crippen LogP contribution in [0.5, 0.6) is 0 Å². The maximum Gasteiger partial charge on any atom is 0.255 e. The van der Waals surface area contributed by atoms with Gasteiger partial charge in [0.05, 0.1) is 5.56 Å². The van der Waals surface area contributed by atoms with Crippen LogP contribution in [0.25, 0.3) is 0 Å². The summed E-state index contributed by atoms with van der Waals surface area (Å²) in [6, 6.07) is 5.91. The molecular formula is C13H17Br2NO. The van der Waals surface area contributed by atoms with E-state index in [0.717, 1.165) is 21.8 Å². The van der Waals surface area contributed by atoms with Crippen molar-refractivity contribution in [1.29, 1.82) is 0 Å². The fraction of sp³-hybridized carbons (Fsp3) is 0.462. The number of hydrogen-bond donors (Lipinski definition) is 0. The van der Waals surface area contributed by atoms with Crippen molar-refractivity contribution in [2.24, 2.45) is 0 Å². The van der Waals surface area contributed by atoms with Gasteiger partial charge in [0.25, 0.3) is 5.91 Å². The number of carbonyl (C=O) groups is 1. The molecule has 0 saturated carbocycles. The third-order valence-corrected chi connectivity index (χ3v) is 4.03. The topological polar surface area (TPSA) is 20.3 Å². The zero-order valence-corrected chi connectivity index (χ0v) is 13.5. The monoisotopic (exact) mass is 361 g/mol. The lowest BCUT2D eigenvalue weighted by Gasteiger charge is -2.25. The van der Waals surface area contributed by atoms with Crippen molar-refractivity contribution in [1.82, 2.24) is 4.90 Å². The molecule has 94 valence electrons. The Morgan fingerprint density at radius 2 is 2.06 bits per heavy atom. The molecule has 0 saturated heterocycles. The van der Waals surface area contributed by atoms with Crippen molar-refractivity contribution >= 4 is 37.8 Å². The Balaban J connectivity index is 2.92. The predicted molar refractivity (Wildman–Crippen MR) is 78.3 cm³/mol. The quantitative estimate of drug-likeness (QED) is 0.773. The molecule has 1 amide bonds. The highest BCUT2D eigenvalue weighted by atomic mass is 79.9. The Hall–Kier alpha value is -0.350. The summed E-state index contributed by atoms with van der Waals surface area (Å²) >= 11 is 6.81. The van der Waals surface area contributed by atoms with Crippen LogP contribution in [-0.2, 0) is 0 Å². The van der Waals surface area contributed by atoms with Crippen LogP contribution in [0.2, 0.25) is 0 Å². The molecule has 17 heavy (non-hydrogen) atoms. The first kappa shape index (κ1) is 14.7. The number of nitrogens with zero attached hydrogens (tertiary/aromatic N) is 1. The van der Waals surface area contributed by atoms with Crippen LogP contribution in [-0.4, -0.2) is 23.9 Å². The van der Waals surface area contributed by atoms with Crippen molar-refractivity contribution in [2.75, 3.05) is 7.05 Å². The van der Waals surface area contributed by atoms with Crippen molar-refractivity contribution in [3.63, 3.8) is 0 Å². The minimum absolute atomic E-state index is 0.0547. The maximum atomic E-state index is 12.3. The zero-order valence-electron chi connectivity index (χ0n) is 10.3. The second-order valence-corrected chi connectivity index (χ2v) is 5.95. The Morgan fingerprint density at radius 3 is 2.65 bits per heavy atom. The summed E-state index contributed by atoms with van der Waals surface area (Å²) in [5.74, 6) is 0.0547. The Kier molecular flexibility index (Phi) is 5.67. The number of carbonyl (C=O) groups excluding carboxylic acids is 1. The molecular weight excluding hydrogens is 346 g/mol. The molecule has 0 aromatic heterocycles. The summed E-state index contributed by atoms with van der Waals surface area (Å²) in [6.45, 7) is 4.21. The summed E-state index contributed by atoms with van der Waals surface area (Å²) in [6.07, 6.45) is 2.10. The van der Waals surface area contributed by atoms with Gasteiger partial charge in [-0.05, 0) is 47.5 Å². The van der Waals surface area contributed by atoms with Crippen LogP contribution < -0.4 is 0 Å². The van der Waals surface area contributed by atoms with Crippen molar-refractivity contribution in [3.05, 3.63) is 32.7 Å². The molecule has 0 aliphatic carbocycles. The largest absolute Gasteiger partial charge is 0.339 e. The van der Waals surface area contributed by atoms with Crippen LogP contribution in [0.4, 0.5) is 0 Å². The zero-order chi connectivity index (χ0) is 13.0. The van der Waals surface area contributed by atoms with Crippen LogP contribution >= 0.6 is 31.9 Å². The Morgan fingerprint density at radius 1 is 1.41 bits per heavy atom. The molecule has 0 fully saturated rings. The molecule has 0 aliphatic heterocycles. The van der Waals surface area contributed by atoms with Gasteiger partial charge in [-0.2, -0.15) is 0 Å². The smallest absolute Gasteiger partial charge is 0.255 e. The molecule has 1 rings (SSSR count). The van der Waals surface area contributed by atoms with E-state index in [0.29, 0.717) is 5.56 Å². The molecule has 2 nitrogen and oxygen atoms in total. The van der Waals surface area contributed by atoms with Crippen LogP contribution in [0.1, 0.15) is 37.0 Å². The van der Waals surface area contributed by atoms with Crippen molar-refractivity contribution in [2.45, 2.75) is 32.7 Å². The predicted octanol–water partition coefficient (Wildman–Crippen LogP) is 4.47. The first-order valence-corrected chi connectivity index (χ1v) is 7.28. The lowest BCUT2D eigenvalue weighted by molar-refractivity contribution is 0.0736. The van der Waals surface area contributed by atoms with E-state index in [2.05, 4.69) is 45.7 Å². The maximum absolute atomic E-state index is 12.3. The standard InChI is InChI=1S/C13H17Br2NO/c1-4-5-9(2)16(3)13(17)11-8-10(14)6-7-12(11)15/h6-9H,4-5H2,1-3H3. The molecule has 0 radical (unpaired) electrons. The number of amides is 1. The third-order valence-electron chi connectivity index (χ3n) is 2.85. The van der Waals surface area contributed by atoms with E-state index in [4.69, 9.17) is 0 Å². The number of hydrogen-bond acceptors (Lipinski definition) is 1. The number of benzene rings is 1. The average Bonchev–Trinajstić information content (AvgIpc) is 2.30. The lowest BCUT2D eigenvalue weighted by Crippen LogP contribution is -2.35. The first-order chi connectivity index (χ1) is 7.97. The first-order valence-electron chi connectivity index (χ1n) is 5.69. The minimum Gasteiger partial charge on any atom is -0.339 e. The summed E-state index contributed by atoms with van der Waals surface area (Å²) in [5.41, 5.74) is 0.699. The molecule has 0 bridgehead atoms. The van der Waals surface area contributed by atoms with Crippen molar-refractivity contribution in [3.8, 4) is 0 Å². The van der Waals surface area contributed by atoms with Gasteiger partial charge in [-0.25, -0.2) is 0 Å². The summed E-state index contributed by atoms with van der Waals surface area (Å²) < 4.78 is 1.75. The molecule has 1 unspecified atom stereocenters. The van der Waals surface area contributed by atoms with E-state index < -0.39 is 0 Å². The molecule has 4 heteroatoms. The molecule has 1 aromatic carbocycles. The second kappa shape index (κ2) is 6.55. The average molecular weight is 363 g/mol. The summed E-state index contributed by atoms with van der Waals surface area (Å²) in [4.78, 5) is 14.1. The normalized spacial score (nSPS) is 12.3. The van der Waals surface area contributed by atoms with E-state index in [-0.39, 0.29) is 11.9 Å². The van der Waals surface area contributed by atoms with Gasteiger partial charge < -0.3 is 4.90 Å². The van der Waals surface area contributed by atoms with E-state index in [1.54, 1.807) is 4.90 Å². The van der Waals surface area contributed by atoms with Gasteiger partial charge in [-0.3, -0.25) is 4.79 Å². The molecule has 0 N–H and O–H groups in total. The highest BCUT2D eigenvalue weighted by Crippen LogP contribution is 2.23. The lowest BCUT2D eigenvalue weighted by atomic mass is 10.1. The van der Waals surface area contributed by atoms with Crippen LogP contribution in [0.3, 0.4) is 0 Å². The van der Waals surface area contributed by atoms with E-state index in [1.165, 1.54) is 0 Å². The number of rotatable bonds is 4. The van der Waals surface area contributed by atoms with Gasteiger partial charge in [-0.15, -0.1) is 0 Å². The highest BCUT2D eigenvalue weighted by Gasteiger charge is 2.19. The van der Waals surface area contributed by atoms with E-state index >= 15 is 0 Å². The Labute approximate surface area is 120 Å². The highest BCUT2D eigenvalue weighted by molar-refractivity contribution is 9.11. The van der Waals surface area contributed by atoms with Crippen LogP contribution in [0, 0.1) is 0 Å². The molecule has 1 atom stereocenters. The summed E-state index contributed by atoms with van der Waals surface area (Å²) in [5, 5.41) is 0. The van der Waals surface area contributed by atoms with E-state index in [9.17, 15) is 4.79 Å². The molecule has 1 aromatic rings. The minimum atomic E-state index is 0.0547.